The summed E-state index contributed by atoms with van der Waals surface area (Å²) < 4.78 is 53.3. The van der Waals surface area contributed by atoms with E-state index in [4.69, 9.17) is 9.47 Å². The van der Waals surface area contributed by atoms with Gasteiger partial charge in [-0.1, -0.05) is 45.7 Å². The molecule has 0 N–H and O–H groups in total. The van der Waals surface area contributed by atoms with Crippen molar-refractivity contribution in [3.05, 3.63) is 60.9 Å². The van der Waals surface area contributed by atoms with E-state index in [1.165, 1.54) is 6.92 Å². The fraction of sp³-hybridized carbons (Fsp3) is 0.452. The van der Waals surface area contributed by atoms with Crippen molar-refractivity contribution in [2.24, 2.45) is 5.92 Å². The number of alkyl halides is 3. The Morgan fingerprint density at radius 2 is 1.49 bits per heavy atom. The maximum absolute atomic E-state index is 14.5. The molecule has 0 fully saturated rings. The van der Waals surface area contributed by atoms with Crippen molar-refractivity contribution in [1.29, 1.82) is 0 Å². The number of hydrogen-bond acceptors (Lipinski definition) is 5. The van der Waals surface area contributed by atoms with Crippen LogP contribution >= 0.6 is 0 Å². The zero-order chi connectivity index (χ0) is 28.4. The highest BCUT2D eigenvalue weighted by Crippen LogP contribution is 2.27. The van der Waals surface area contributed by atoms with E-state index in [0.717, 1.165) is 29.5 Å². The number of nitrogens with zero attached hydrogens (tertiary/aromatic N) is 2. The lowest BCUT2D eigenvalue weighted by atomic mass is 10.00. The SMILES string of the molecule is CCCCC(C)(F)C(=O)Oc1ccc(-c2cnc(-c3ccc(OCC(F)C(F)CC(C)CC)cc3)nc2)cc1. The Bertz CT molecular complexity index is 1170. The molecule has 39 heavy (non-hydrogen) atoms. The van der Waals surface area contributed by atoms with Gasteiger partial charge in [-0.25, -0.2) is 27.9 Å². The van der Waals surface area contributed by atoms with E-state index in [9.17, 15) is 18.0 Å². The number of carbonyl (C=O) groups excluding carboxylic acids is 1. The molecule has 0 saturated carbocycles. The molecule has 2 aromatic carbocycles. The molecule has 3 rings (SSSR count). The first kappa shape index (κ1) is 30.1. The molecular formula is C31H37F3N2O3. The van der Waals surface area contributed by atoms with Crippen molar-refractivity contribution in [3.8, 4) is 34.0 Å². The molecule has 8 heteroatoms. The third-order valence-electron chi connectivity index (χ3n) is 6.71. The van der Waals surface area contributed by atoms with Crippen molar-refractivity contribution in [3.63, 3.8) is 0 Å². The summed E-state index contributed by atoms with van der Waals surface area (Å²) in [7, 11) is 0. The van der Waals surface area contributed by atoms with Gasteiger partial charge < -0.3 is 9.47 Å². The van der Waals surface area contributed by atoms with Crippen LogP contribution in [0.2, 0.25) is 0 Å². The van der Waals surface area contributed by atoms with Crippen LogP contribution in [0, 0.1) is 5.92 Å². The summed E-state index contributed by atoms with van der Waals surface area (Å²) in [4.78, 5) is 21.0. The topological polar surface area (TPSA) is 61.3 Å². The number of benzene rings is 2. The minimum atomic E-state index is -2.02. The van der Waals surface area contributed by atoms with Gasteiger partial charge in [-0.3, -0.25) is 0 Å². The van der Waals surface area contributed by atoms with E-state index < -0.39 is 24.0 Å². The van der Waals surface area contributed by atoms with Crippen molar-refractivity contribution in [1.82, 2.24) is 9.97 Å². The second-order valence-electron chi connectivity index (χ2n) is 10.1. The van der Waals surface area contributed by atoms with E-state index in [-0.39, 0.29) is 31.1 Å². The molecule has 0 amide bonds. The van der Waals surface area contributed by atoms with Gasteiger partial charge in [0.1, 0.15) is 24.3 Å². The van der Waals surface area contributed by atoms with Gasteiger partial charge >= 0.3 is 5.97 Å². The summed E-state index contributed by atoms with van der Waals surface area (Å²) in [6.07, 6.45) is 2.63. The number of unbranched alkanes of at least 4 members (excludes halogenated alkanes) is 1. The van der Waals surface area contributed by atoms with Crippen LogP contribution in [0.3, 0.4) is 0 Å². The molecule has 0 aliphatic carbocycles. The molecule has 3 aromatic rings. The van der Waals surface area contributed by atoms with Gasteiger partial charge in [-0.05, 0) is 74.1 Å². The predicted molar refractivity (Wildman–Crippen MR) is 147 cm³/mol. The van der Waals surface area contributed by atoms with Crippen LogP contribution in [0.4, 0.5) is 13.2 Å². The van der Waals surface area contributed by atoms with E-state index in [0.29, 0.717) is 18.0 Å². The van der Waals surface area contributed by atoms with Crippen molar-refractivity contribution >= 4 is 5.97 Å². The van der Waals surface area contributed by atoms with Gasteiger partial charge in [0.2, 0.25) is 5.67 Å². The quantitative estimate of drug-likeness (QED) is 0.152. The summed E-state index contributed by atoms with van der Waals surface area (Å²) in [5.74, 6) is 0.423. The zero-order valence-corrected chi connectivity index (χ0v) is 23.0. The number of esters is 1. The Morgan fingerprint density at radius 3 is 2.08 bits per heavy atom. The van der Waals surface area contributed by atoms with Gasteiger partial charge in [-0.2, -0.15) is 0 Å². The molecule has 0 bridgehead atoms. The first-order valence-electron chi connectivity index (χ1n) is 13.5. The van der Waals surface area contributed by atoms with E-state index in [1.54, 1.807) is 60.9 Å². The van der Waals surface area contributed by atoms with E-state index >= 15 is 0 Å². The molecule has 4 unspecified atom stereocenters. The summed E-state index contributed by atoms with van der Waals surface area (Å²) in [5, 5.41) is 0. The molecule has 1 heterocycles. The van der Waals surface area contributed by atoms with Crippen LogP contribution in [-0.4, -0.2) is 40.6 Å². The van der Waals surface area contributed by atoms with Crippen LogP contribution in [-0.2, 0) is 4.79 Å². The minimum Gasteiger partial charge on any atom is -0.490 e. The Morgan fingerprint density at radius 1 is 0.897 bits per heavy atom. The third kappa shape index (κ3) is 8.80. The Hall–Kier alpha value is -3.42. The second-order valence-corrected chi connectivity index (χ2v) is 10.1. The fourth-order valence-corrected chi connectivity index (χ4v) is 3.85. The molecule has 5 nitrogen and oxygen atoms in total. The summed E-state index contributed by atoms with van der Waals surface area (Å²) in [5.41, 5.74) is 0.273. The van der Waals surface area contributed by atoms with Gasteiger partial charge in [-0.15, -0.1) is 0 Å². The van der Waals surface area contributed by atoms with E-state index in [1.807, 2.05) is 20.8 Å². The normalized spacial score (nSPS) is 15.2. The standard InChI is InChI=1S/C31H37F3N2O3/c1-5-7-16-31(4,34)30(37)39-26-14-8-22(9-15-26)24-18-35-29(36-19-24)23-10-12-25(13-11-23)38-20-28(33)27(32)17-21(3)6-2/h8-15,18-19,21,27-28H,5-7,16-17,20H2,1-4H3. The van der Waals surface area contributed by atoms with Gasteiger partial charge in [0, 0.05) is 23.5 Å². The summed E-state index contributed by atoms with van der Waals surface area (Å²) in [6, 6.07) is 13.6. The highest BCUT2D eigenvalue weighted by molar-refractivity contribution is 5.81. The van der Waals surface area contributed by atoms with Crippen LogP contribution in [0.5, 0.6) is 11.5 Å². The van der Waals surface area contributed by atoms with Crippen molar-refractivity contribution in [2.45, 2.75) is 77.8 Å². The molecular weight excluding hydrogens is 505 g/mol. The Kier molecular flexibility index (Phi) is 10.9. The van der Waals surface area contributed by atoms with Crippen molar-refractivity contribution < 1.29 is 27.4 Å². The van der Waals surface area contributed by atoms with Crippen molar-refractivity contribution in [2.75, 3.05) is 6.61 Å². The molecule has 210 valence electrons. The number of ether oxygens (including phenoxy) is 2. The predicted octanol–water partition coefficient (Wildman–Crippen LogP) is 8.13. The van der Waals surface area contributed by atoms with Crippen LogP contribution < -0.4 is 9.47 Å². The number of hydrogen-bond donors (Lipinski definition) is 0. The second kappa shape index (κ2) is 14.1. The number of rotatable bonds is 14. The molecule has 0 aliphatic heterocycles. The number of halogens is 3. The van der Waals surface area contributed by atoms with Gasteiger partial charge in [0.15, 0.2) is 12.0 Å². The largest absolute Gasteiger partial charge is 0.490 e. The highest BCUT2D eigenvalue weighted by Gasteiger charge is 2.34. The minimum absolute atomic E-state index is 0.121. The first-order valence-corrected chi connectivity index (χ1v) is 13.5. The zero-order valence-electron chi connectivity index (χ0n) is 23.0. The lowest BCUT2D eigenvalue weighted by Crippen LogP contribution is -2.34. The molecule has 1 aromatic heterocycles. The Labute approximate surface area is 228 Å². The smallest absolute Gasteiger partial charge is 0.348 e. The van der Waals surface area contributed by atoms with Gasteiger partial charge in [0.05, 0.1) is 0 Å². The van der Waals surface area contributed by atoms with E-state index in [2.05, 4.69) is 9.97 Å². The Balaban J connectivity index is 1.56. The van der Waals surface area contributed by atoms with Crippen LogP contribution in [0.15, 0.2) is 60.9 Å². The maximum Gasteiger partial charge on any atom is 0.348 e. The highest BCUT2D eigenvalue weighted by atomic mass is 19.2. The average Bonchev–Trinajstić information content (AvgIpc) is 2.95. The van der Waals surface area contributed by atoms with Crippen LogP contribution in [0.25, 0.3) is 22.5 Å². The molecule has 4 atom stereocenters. The number of carbonyl (C=O) groups is 1. The monoisotopic (exact) mass is 542 g/mol. The van der Waals surface area contributed by atoms with Gasteiger partial charge in [0.25, 0.3) is 0 Å². The third-order valence-corrected chi connectivity index (χ3v) is 6.71. The lowest BCUT2D eigenvalue weighted by molar-refractivity contribution is -0.147. The lowest BCUT2D eigenvalue weighted by Gasteiger charge is -2.18. The molecule has 0 aliphatic rings. The van der Waals surface area contributed by atoms with Crippen LogP contribution in [0.1, 0.15) is 59.8 Å². The molecule has 0 saturated heterocycles. The summed E-state index contributed by atoms with van der Waals surface area (Å²) in [6.45, 7) is 6.70. The molecule has 0 spiro atoms. The maximum atomic E-state index is 14.5. The average molecular weight is 543 g/mol. The molecule has 0 radical (unpaired) electrons. The summed E-state index contributed by atoms with van der Waals surface area (Å²) >= 11 is 0. The fourth-order valence-electron chi connectivity index (χ4n) is 3.85. The first-order chi connectivity index (χ1) is 18.6. The number of aromatic nitrogens is 2.